The number of hydrogen-bond acceptors (Lipinski definition) is 3. The largest absolute Gasteiger partial charge is 0.544 e. The van der Waals surface area contributed by atoms with Gasteiger partial charge in [0.25, 0.3) is 0 Å². The zero-order valence-corrected chi connectivity index (χ0v) is 14.2. The van der Waals surface area contributed by atoms with Crippen molar-refractivity contribution >= 4 is 11.9 Å². The molecule has 8 atom stereocenters. The molecule has 3 saturated heterocycles. The third-order valence-electron chi connectivity index (χ3n) is 8.01. The predicted octanol–water partition coefficient (Wildman–Crippen LogP) is -0.354. The maximum absolute atomic E-state index is 13.3. The number of quaternary nitrogens is 1. The van der Waals surface area contributed by atoms with Crippen LogP contribution in [0.15, 0.2) is 0 Å². The van der Waals surface area contributed by atoms with Crippen LogP contribution >= 0.6 is 0 Å². The van der Waals surface area contributed by atoms with Crippen LogP contribution < -0.4 is 10.4 Å². The van der Waals surface area contributed by atoms with Crippen molar-refractivity contribution in [1.82, 2.24) is 4.90 Å². The molecule has 5 nitrogen and oxygen atoms in total. The van der Waals surface area contributed by atoms with E-state index in [1.807, 2.05) is 0 Å². The van der Waals surface area contributed by atoms with E-state index in [1.165, 1.54) is 25.7 Å². The highest BCUT2D eigenvalue weighted by Gasteiger charge is 2.64. The number of hydrogen-bond donors (Lipinski definition) is 1. The fourth-order valence-electron chi connectivity index (χ4n) is 7.20. The molecule has 132 valence electrons. The number of amides is 1. The number of aliphatic carboxylic acids is 1. The van der Waals surface area contributed by atoms with Gasteiger partial charge in [-0.05, 0) is 37.5 Å². The van der Waals surface area contributed by atoms with Crippen molar-refractivity contribution < 1.29 is 20.0 Å². The van der Waals surface area contributed by atoms with Gasteiger partial charge in [0.05, 0.1) is 12.0 Å². The number of carbonyl (C=O) groups is 2. The molecule has 2 N–H and O–H groups in total. The molecule has 0 aromatic rings. The van der Waals surface area contributed by atoms with Crippen LogP contribution in [-0.2, 0) is 9.59 Å². The summed E-state index contributed by atoms with van der Waals surface area (Å²) >= 11 is 0. The molecule has 0 bridgehead atoms. The predicted molar refractivity (Wildman–Crippen MR) is 84.4 cm³/mol. The van der Waals surface area contributed by atoms with E-state index in [0.29, 0.717) is 48.2 Å². The molecule has 5 rings (SSSR count). The summed E-state index contributed by atoms with van der Waals surface area (Å²) < 4.78 is 0. The minimum absolute atomic E-state index is 0.151. The first kappa shape index (κ1) is 15.2. The minimum Gasteiger partial charge on any atom is -0.544 e. The van der Waals surface area contributed by atoms with Crippen molar-refractivity contribution in [2.75, 3.05) is 0 Å². The molecule has 1 amide bonds. The molecule has 3 aliphatic heterocycles. The van der Waals surface area contributed by atoms with E-state index >= 15 is 0 Å². The maximum atomic E-state index is 13.3. The van der Waals surface area contributed by atoms with Crippen molar-refractivity contribution in [2.24, 2.45) is 23.7 Å². The molecular weight excluding hydrogens is 304 g/mol. The van der Waals surface area contributed by atoms with Gasteiger partial charge in [-0.3, -0.25) is 4.79 Å². The van der Waals surface area contributed by atoms with E-state index in [1.54, 1.807) is 0 Å². The summed E-state index contributed by atoms with van der Waals surface area (Å²) in [5.41, 5.74) is 0. The van der Waals surface area contributed by atoms with Crippen LogP contribution in [0.5, 0.6) is 0 Å². The minimum atomic E-state index is -0.900. The summed E-state index contributed by atoms with van der Waals surface area (Å²) in [6.07, 6.45) is 9.92. The lowest BCUT2D eigenvalue weighted by atomic mass is 9.65. The van der Waals surface area contributed by atoms with Gasteiger partial charge in [-0.2, -0.15) is 0 Å². The summed E-state index contributed by atoms with van der Waals surface area (Å²) in [6, 6.07) is 0.566. The van der Waals surface area contributed by atoms with Gasteiger partial charge in [0, 0.05) is 24.3 Å². The number of piperidine rings is 2. The molecule has 5 aliphatic rings. The first-order valence-corrected chi connectivity index (χ1v) is 10.0. The van der Waals surface area contributed by atoms with Crippen LogP contribution in [0.1, 0.15) is 57.8 Å². The van der Waals surface area contributed by atoms with Crippen molar-refractivity contribution in [2.45, 2.75) is 82.0 Å². The Balaban J connectivity index is 1.56. The molecular formula is C19H28N2O3. The molecule has 3 heterocycles. The van der Waals surface area contributed by atoms with Crippen LogP contribution in [0.4, 0.5) is 0 Å². The Kier molecular flexibility index (Phi) is 3.45. The molecule has 0 aromatic heterocycles. The van der Waals surface area contributed by atoms with E-state index in [0.717, 1.165) is 25.7 Å². The fraction of sp³-hybridized carbons (Fsp3) is 0.895. The molecule has 0 spiro atoms. The molecule has 8 unspecified atom stereocenters. The normalized spacial score (nSPS) is 50.0. The average molecular weight is 332 g/mol. The second kappa shape index (κ2) is 5.45. The Morgan fingerprint density at radius 1 is 1.00 bits per heavy atom. The Bertz CT molecular complexity index is 565. The Morgan fingerprint density at radius 2 is 1.71 bits per heavy atom. The zero-order valence-electron chi connectivity index (χ0n) is 14.2. The van der Waals surface area contributed by atoms with Gasteiger partial charge in [-0.25, -0.2) is 0 Å². The highest BCUT2D eigenvalue weighted by Crippen LogP contribution is 2.53. The summed E-state index contributed by atoms with van der Waals surface area (Å²) in [5, 5.41) is 13.8. The number of carboxylic acids is 1. The van der Waals surface area contributed by atoms with Crippen LogP contribution in [0, 0.1) is 23.7 Å². The molecule has 5 heteroatoms. The van der Waals surface area contributed by atoms with Crippen molar-refractivity contribution in [1.29, 1.82) is 0 Å². The number of nitrogens with zero attached hydrogens (tertiary/aromatic N) is 1. The first-order chi connectivity index (χ1) is 11.7. The summed E-state index contributed by atoms with van der Waals surface area (Å²) in [5.74, 6) is 0.977. The number of rotatable bonds is 1. The molecule has 0 aromatic carbocycles. The number of carbonyl (C=O) groups excluding carboxylic acids is 2. The van der Waals surface area contributed by atoms with Gasteiger partial charge in [0.15, 0.2) is 0 Å². The van der Waals surface area contributed by atoms with Gasteiger partial charge in [-0.1, -0.05) is 25.7 Å². The lowest BCUT2D eigenvalue weighted by Crippen LogP contribution is -3.04. The molecule has 24 heavy (non-hydrogen) atoms. The molecule has 0 radical (unpaired) electrons. The fourth-order valence-corrected chi connectivity index (χ4v) is 7.20. The van der Waals surface area contributed by atoms with Crippen LogP contribution in [0.25, 0.3) is 0 Å². The Hall–Kier alpha value is -1.10. The van der Waals surface area contributed by atoms with Crippen LogP contribution in [0.2, 0.25) is 0 Å². The van der Waals surface area contributed by atoms with Crippen molar-refractivity contribution in [3.8, 4) is 0 Å². The standard InChI is InChI=1S/C19H28N2O3/c22-18-12-7-2-1-6-11(12)16-17-13(9-14(20-16)19(23)24)10-5-3-4-8-15(10)21(17)18/h10-17,20H,1-9H2,(H,23,24). The first-order valence-electron chi connectivity index (χ1n) is 10.0. The average Bonchev–Trinajstić information content (AvgIpc) is 2.94. The smallest absolute Gasteiger partial charge is 0.226 e. The van der Waals surface area contributed by atoms with E-state index in [2.05, 4.69) is 10.2 Å². The second-order valence-corrected chi connectivity index (χ2v) is 8.90. The van der Waals surface area contributed by atoms with E-state index in [4.69, 9.17) is 0 Å². The SMILES string of the molecule is O=C([O-])C1CC2C3CCCCC3N3C(=O)C4CCCCC4C([NH2+]1)C23. The van der Waals surface area contributed by atoms with E-state index in [9.17, 15) is 14.7 Å². The Morgan fingerprint density at radius 3 is 2.50 bits per heavy atom. The Labute approximate surface area is 143 Å². The van der Waals surface area contributed by atoms with E-state index in [-0.39, 0.29) is 5.92 Å². The van der Waals surface area contributed by atoms with E-state index < -0.39 is 12.0 Å². The number of nitrogens with two attached hydrogens (primary N) is 1. The lowest BCUT2D eigenvalue weighted by molar-refractivity contribution is -0.738. The van der Waals surface area contributed by atoms with Crippen molar-refractivity contribution in [3.63, 3.8) is 0 Å². The summed E-state index contributed by atoms with van der Waals surface area (Å²) in [6.45, 7) is 0. The molecule has 5 fully saturated rings. The second-order valence-electron chi connectivity index (χ2n) is 8.90. The molecule has 2 saturated carbocycles. The third-order valence-corrected chi connectivity index (χ3v) is 8.01. The maximum Gasteiger partial charge on any atom is 0.226 e. The number of fused-ring (bicyclic) bond motifs is 5. The zero-order chi connectivity index (χ0) is 16.4. The highest BCUT2D eigenvalue weighted by atomic mass is 16.4. The highest BCUT2D eigenvalue weighted by molar-refractivity contribution is 5.82. The summed E-state index contributed by atoms with van der Waals surface area (Å²) in [4.78, 5) is 27.3. The van der Waals surface area contributed by atoms with Gasteiger partial charge in [0.1, 0.15) is 12.1 Å². The number of carboxylic acid groups (broad SMARTS) is 1. The summed E-state index contributed by atoms with van der Waals surface area (Å²) in [7, 11) is 0. The van der Waals surface area contributed by atoms with Crippen molar-refractivity contribution in [3.05, 3.63) is 0 Å². The quantitative estimate of drug-likeness (QED) is 0.713. The van der Waals surface area contributed by atoms with Crippen LogP contribution in [0.3, 0.4) is 0 Å². The third kappa shape index (κ3) is 1.97. The monoisotopic (exact) mass is 332 g/mol. The van der Waals surface area contributed by atoms with Crippen LogP contribution in [-0.4, -0.2) is 40.9 Å². The van der Waals surface area contributed by atoms with Gasteiger partial charge < -0.3 is 20.1 Å². The van der Waals surface area contributed by atoms with Gasteiger partial charge in [0.2, 0.25) is 5.91 Å². The van der Waals surface area contributed by atoms with Gasteiger partial charge >= 0.3 is 0 Å². The topological polar surface area (TPSA) is 77.0 Å². The molecule has 2 aliphatic carbocycles. The van der Waals surface area contributed by atoms with Gasteiger partial charge in [-0.15, -0.1) is 0 Å². The lowest BCUT2D eigenvalue weighted by Gasteiger charge is -2.51.